The lowest BCUT2D eigenvalue weighted by atomic mass is 9.49. The Kier molecular flexibility index (Phi) is 6.06. The van der Waals surface area contributed by atoms with Gasteiger partial charge in [0.1, 0.15) is 5.75 Å². The van der Waals surface area contributed by atoms with E-state index in [0.29, 0.717) is 16.7 Å². The van der Waals surface area contributed by atoms with E-state index in [1.54, 1.807) is 19.9 Å². The van der Waals surface area contributed by atoms with Gasteiger partial charge in [0.25, 0.3) is 0 Å². The maximum absolute atomic E-state index is 14.0. The fourth-order valence-electron chi connectivity index (χ4n) is 6.96. The average Bonchev–Trinajstić information content (AvgIpc) is 2.76. The van der Waals surface area contributed by atoms with Crippen molar-refractivity contribution < 1.29 is 39.3 Å². The molecule has 1 amide bonds. The number of aromatic hydroxyl groups is 1. The van der Waals surface area contributed by atoms with Crippen LogP contribution in [0.2, 0.25) is 0 Å². The van der Waals surface area contributed by atoms with E-state index in [4.69, 9.17) is 5.73 Å². The second kappa shape index (κ2) is 8.28. The minimum Gasteiger partial charge on any atom is -0.507 e. The lowest BCUT2D eigenvalue weighted by molar-refractivity contribution is -0.196. The number of primary amides is 1. The van der Waals surface area contributed by atoms with E-state index < -0.39 is 81.8 Å². The normalized spacial score (nSPS) is 35.8. The number of phenols is 1. The highest BCUT2D eigenvalue weighted by Gasteiger charge is 2.73. The highest BCUT2D eigenvalue weighted by Crippen LogP contribution is 2.55. The summed E-state index contributed by atoms with van der Waals surface area (Å²) in [6.07, 6.45) is -1.64. The van der Waals surface area contributed by atoms with Gasteiger partial charge in [0.05, 0.1) is 29.5 Å². The Morgan fingerprint density at radius 1 is 1.11 bits per heavy atom. The zero-order valence-electron chi connectivity index (χ0n) is 22.0. The number of Topliss-reactive ketones (excluding diaryl/α,β-unsaturated/α-hetero) is 4. The average molecular weight is 515 g/mol. The summed E-state index contributed by atoms with van der Waals surface area (Å²) >= 11 is 0. The molecule has 1 aromatic rings. The summed E-state index contributed by atoms with van der Waals surface area (Å²) in [6, 6.07) is 0.390. The molecule has 10 nitrogen and oxygen atoms in total. The van der Waals surface area contributed by atoms with Gasteiger partial charge in [0.15, 0.2) is 34.7 Å². The van der Waals surface area contributed by atoms with Crippen LogP contribution in [-0.2, 0) is 24.6 Å². The Balaban J connectivity index is 2.00. The van der Waals surface area contributed by atoms with E-state index in [2.05, 4.69) is 0 Å². The third kappa shape index (κ3) is 3.38. The molecule has 10 heteroatoms. The molecule has 2 unspecified atom stereocenters. The number of amides is 1. The predicted octanol–water partition coefficient (Wildman–Crippen LogP) is 0.00472. The topological polar surface area (TPSA) is 175 Å². The number of nitrogens with zero attached hydrogens (tertiary/aromatic N) is 1. The summed E-state index contributed by atoms with van der Waals surface area (Å²) in [5.41, 5.74) is 3.36. The Bertz CT molecular complexity index is 1260. The van der Waals surface area contributed by atoms with Crippen LogP contribution in [0.5, 0.6) is 5.75 Å². The summed E-state index contributed by atoms with van der Waals surface area (Å²) in [4.78, 5) is 68.0. The summed E-state index contributed by atoms with van der Waals surface area (Å²) in [5.74, 6) is -13.1. The number of carbonyl (C=O) groups excluding carboxylic acids is 5. The van der Waals surface area contributed by atoms with Crippen molar-refractivity contribution in [3.63, 3.8) is 0 Å². The van der Waals surface area contributed by atoms with Gasteiger partial charge < -0.3 is 21.1 Å². The lowest BCUT2D eigenvalue weighted by Crippen LogP contribution is -2.77. The number of ketones is 4. The summed E-state index contributed by atoms with van der Waals surface area (Å²) in [7, 11) is 2.92. The molecular weight excluding hydrogens is 480 g/mol. The number of benzene rings is 1. The molecule has 3 aliphatic carbocycles. The molecular formula is C27H34N2O8. The molecule has 1 aromatic carbocycles. The standard InChI is InChI=1S/C27H34N2O8/c1-9-8-11(26(3,4)5)19(30)14-12(9)10(2)13-15(20(14)31)23(34)27(37)17(21(13)32)18(29(6)7)22(33)16(24(27)35)25(28)36/h8,10,13,15-18,21,30,32,37H,1-7H3,(H2,28,36)/t10-,13+,15?,16?,17+,18-,21-,27-/m0/s1. The third-order valence-electron chi connectivity index (χ3n) is 8.60. The van der Waals surface area contributed by atoms with Gasteiger partial charge in [-0.15, -0.1) is 0 Å². The second-order valence-corrected chi connectivity index (χ2v) is 12.0. The zero-order chi connectivity index (χ0) is 28.1. The highest BCUT2D eigenvalue weighted by atomic mass is 16.3. The molecule has 8 atom stereocenters. The lowest BCUT2D eigenvalue weighted by Gasteiger charge is -2.56. The van der Waals surface area contributed by atoms with Crippen molar-refractivity contribution in [1.82, 2.24) is 4.90 Å². The summed E-state index contributed by atoms with van der Waals surface area (Å²) < 4.78 is 0. The van der Waals surface area contributed by atoms with Crippen molar-refractivity contribution in [3.05, 3.63) is 28.3 Å². The van der Waals surface area contributed by atoms with Crippen LogP contribution in [0.1, 0.15) is 60.7 Å². The molecule has 200 valence electrons. The van der Waals surface area contributed by atoms with E-state index in [-0.39, 0.29) is 11.3 Å². The molecule has 2 saturated carbocycles. The number of aryl methyl sites for hydroxylation is 1. The van der Waals surface area contributed by atoms with E-state index >= 15 is 0 Å². The SMILES string of the molecule is Cc1cc(C(C)(C)C)c(O)c2c1[C@H](C)[C@@H]1C(C2=O)C(=O)[C@]2(O)C(=O)C(C(N)=O)C(=O)[C@@H](N(C)C)[C@@H]2[C@H]1O. The maximum atomic E-state index is 14.0. The first-order valence-electron chi connectivity index (χ1n) is 12.3. The Morgan fingerprint density at radius 2 is 1.68 bits per heavy atom. The van der Waals surface area contributed by atoms with Crippen molar-refractivity contribution in [2.24, 2.45) is 29.4 Å². The van der Waals surface area contributed by atoms with Crippen LogP contribution in [0.15, 0.2) is 6.07 Å². The molecule has 0 heterocycles. The quantitative estimate of drug-likeness (QED) is 0.396. The van der Waals surface area contributed by atoms with Crippen molar-refractivity contribution in [2.75, 3.05) is 14.1 Å². The molecule has 2 fully saturated rings. The van der Waals surface area contributed by atoms with Gasteiger partial charge in [-0.05, 0) is 43.5 Å². The first kappa shape index (κ1) is 27.1. The first-order valence-corrected chi connectivity index (χ1v) is 12.3. The van der Waals surface area contributed by atoms with Gasteiger partial charge in [0, 0.05) is 11.5 Å². The number of fused-ring (bicyclic) bond motifs is 3. The first-order chi connectivity index (χ1) is 16.9. The third-order valence-corrected chi connectivity index (χ3v) is 8.60. The molecule has 0 bridgehead atoms. The zero-order valence-corrected chi connectivity index (χ0v) is 22.0. The van der Waals surface area contributed by atoms with Crippen molar-refractivity contribution >= 4 is 29.0 Å². The predicted molar refractivity (Wildman–Crippen MR) is 131 cm³/mol. The van der Waals surface area contributed by atoms with Crippen molar-refractivity contribution in [2.45, 2.75) is 63.7 Å². The van der Waals surface area contributed by atoms with E-state index in [0.717, 1.165) is 0 Å². The van der Waals surface area contributed by atoms with Gasteiger partial charge in [-0.1, -0.05) is 33.8 Å². The monoisotopic (exact) mass is 514 g/mol. The van der Waals surface area contributed by atoms with Crippen molar-refractivity contribution in [3.8, 4) is 5.75 Å². The minimum atomic E-state index is -3.00. The molecule has 0 spiro atoms. The molecule has 0 aliphatic heterocycles. The number of phenolic OH excluding ortho intramolecular Hbond substituents is 1. The Labute approximate surface area is 214 Å². The number of hydrogen-bond acceptors (Lipinski definition) is 9. The summed E-state index contributed by atoms with van der Waals surface area (Å²) in [5, 5.41) is 34.5. The maximum Gasteiger partial charge on any atom is 0.235 e. The number of rotatable bonds is 2. The number of likely N-dealkylation sites (N-methyl/N-ethyl adjacent to an activating group) is 1. The Morgan fingerprint density at radius 3 is 2.16 bits per heavy atom. The fraction of sp³-hybridized carbons (Fsp3) is 0.593. The van der Waals surface area contributed by atoms with Gasteiger partial charge >= 0.3 is 0 Å². The van der Waals surface area contributed by atoms with Crippen LogP contribution in [0.25, 0.3) is 0 Å². The smallest absolute Gasteiger partial charge is 0.235 e. The van der Waals surface area contributed by atoms with Crippen LogP contribution in [-0.4, -0.2) is 81.1 Å². The molecule has 0 aromatic heterocycles. The number of hydrogen-bond donors (Lipinski definition) is 4. The summed E-state index contributed by atoms with van der Waals surface area (Å²) in [6.45, 7) is 9.06. The van der Waals surface area contributed by atoms with Crippen molar-refractivity contribution in [1.29, 1.82) is 0 Å². The molecule has 0 saturated heterocycles. The highest BCUT2D eigenvalue weighted by molar-refractivity contribution is 6.32. The van der Waals surface area contributed by atoms with Crippen LogP contribution < -0.4 is 5.73 Å². The molecule has 0 radical (unpaired) electrons. The fourth-order valence-corrected chi connectivity index (χ4v) is 6.96. The second-order valence-electron chi connectivity index (χ2n) is 12.0. The number of aliphatic hydroxyl groups is 2. The van der Waals surface area contributed by atoms with Crippen LogP contribution >= 0.6 is 0 Å². The van der Waals surface area contributed by atoms with E-state index in [9.17, 15) is 39.3 Å². The van der Waals surface area contributed by atoms with Gasteiger partial charge in [0.2, 0.25) is 5.91 Å². The Hall–Kier alpha value is -2.95. The molecule has 5 N–H and O–H groups in total. The van der Waals surface area contributed by atoms with E-state index in [1.165, 1.54) is 19.0 Å². The van der Waals surface area contributed by atoms with E-state index in [1.807, 2.05) is 20.8 Å². The largest absolute Gasteiger partial charge is 0.507 e. The number of aliphatic hydroxyl groups excluding tert-OH is 1. The van der Waals surface area contributed by atoms with Gasteiger partial charge in [-0.2, -0.15) is 0 Å². The number of carbonyl (C=O) groups is 5. The van der Waals surface area contributed by atoms with Crippen LogP contribution in [0, 0.1) is 30.6 Å². The van der Waals surface area contributed by atoms with Crippen LogP contribution in [0.4, 0.5) is 0 Å². The minimum absolute atomic E-state index is 0.0729. The van der Waals surface area contributed by atoms with Crippen LogP contribution in [0.3, 0.4) is 0 Å². The molecule has 3 aliphatic rings. The van der Waals surface area contributed by atoms with Gasteiger partial charge in [-0.3, -0.25) is 28.9 Å². The molecule has 37 heavy (non-hydrogen) atoms. The van der Waals surface area contributed by atoms with Gasteiger partial charge in [-0.25, -0.2) is 0 Å². The molecule has 4 rings (SSSR count). The number of nitrogens with two attached hydrogens (primary N) is 1.